The molecular weight excluding hydrogens is 234 g/mol. The van der Waals surface area contributed by atoms with E-state index in [1.165, 1.54) is 0 Å². The average Bonchev–Trinajstić information content (AvgIpc) is 2.26. The number of hydrogen-bond donors (Lipinski definition) is 2. The third-order valence-electron chi connectivity index (χ3n) is 1.92. The Hall–Kier alpha value is -1.46. The summed E-state index contributed by atoms with van der Waals surface area (Å²) in [7, 11) is 0. The zero-order valence-corrected chi connectivity index (χ0v) is 10.8. The van der Waals surface area contributed by atoms with Crippen molar-refractivity contribution in [1.82, 2.24) is 5.43 Å². The molecule has 0 aliphatic rings. The van der Waals surface area contributed by atoms with E-state index in [0.29, 0.717) is 6.61 Å². The third-order valence-corrected chi connectivity index (χ3v) is 2.01. The second-order valence-corrected chi connectivity index (χ2v) is 4.28. The van der Waals surface area contributed by atoms with Gasteiger partial charge in [0.2, 0.25) is 0 Å². The molecule has 4 nitrogen and oxygen atoms in total. The number of ether oxygens (including phenoxy) is 1. The molecule has 5 heteroatoms. The van der Waals surface area contributed by atoms with Crippen LogP contribution in [0.25, 0.3) is 0 Å². The summed E-state index contributed by atoms with van der Waals surface area (Å²) in [5.74, 6) is 0. The number of hydrazone groups is 1. The van der Waals surface area contributed by atoms with E-state index < -0.39 is 0 Å². The standard InChI is InChI=1S/C12H17N3OS/c1-9(2)16-8-11-5-3-4-10(6-11)7-14-15-12(13)17/h3-7,9H,8H2,1-2H3,(H3,13,15,17). The summed E-state index contributed by atoms with van der Waals surface area (Å²) in [5.41, 5.74) is 9.85. The monoisotopic (exact) mass is 251 g/mol. The number of thiocarbonyl (C=S) groups is 1. The lowest BCUT2D eigenvalue weighted by atomic mass is 10.1. The minimum atomic E-state index is 0.153. The highest BCUT2D eigenvalue weighted by molar-refractivity contribution is 7.80. The largest absolute Gasteiger partial charge is 0.375 e. The van der Waals surface area contributed by atoms with Crippen LogP contribution in [0.4, 0.5) is 0 Å². The van der Waals surface area contributed by atoms with Crippen LogP contribution in [0.5, 0.6) is 0 Å². The Bertz CT molecular complexity index is 404. The molecule has 1 rings (SSSR count). The van der Waals surface area contributed by atoms with E-state index in [0.717, 1.165) is 11.1 Å². The van der Waals surface area contributed by atoms with Crippen LogP contribution in [0, 0.1) is 0 Å². The van der Waals surface area contributed by atoms with Crippen molar-refractivity contribution in [2.45, 2.75) is 26.6 Å². The quantitative estimate of drug-likeness (QED) is 0.476. The minimum absolute atomic E-state index is 0.153. The van der Waals surface area contributed by atoms with Crippen molar-refractivity contribution >= 4 is 23.5 Å². The first kappa shape index (κ1) is 13.6. The van der Waals surface area contributed by atoms with Crippen molar-refractivity contribution in [3.8, 4) is 0 Å². The molecule has 92 valence electrons. The summed E-state index contributed by atoms with van der Waals surface area (Å²) in [6, 6.07) is 7.93. The predicted octanol–water partition coefficient (Wildman–Crippen LogP) is 1.78. The van der Waals surface area contributed by atoms with Crippen LogP contribution < -0.4 is 11.2 Å². The van der Waals surface area contributed by atoms with E-state index >= 15 is 0 Å². The molecule has 0 fully saturated rings. The van der Waals surface area contributed by atoms with Gasteiger partial charge in [-0.1, -0.05) is 18.2 Å². The van der Waals surface area contributed by atoms with E-state index in [9.17, 15) is 0 Å². The molecule has 0 unspecified atom stereocenters. The molecule has 0 atom stereocenters. The molecule has 0 spiro atoms. The van der Waals surface area contributed by atoms with Gasteiger partial charge in [-0.25, -0.2) is 0 Å². The Balaban J connectivity index is 2.59. The molecule has 0 heterocycles. The molecule has 1 aromatic rings. The number of nitrogens with one attached hydrogen (secondary N) is 1. The van der Waals surface area contributed by atoms with Crippen molar-refractivity contribution < 1.29 is 4.74 Å². The van der Waals surface area contributed by atoms with Crippen molar-refractivity contribution in [1.29, 1.82) is 0 Å². The summed E-state index contributed by atoms with van der Waals surface area (Å²) < 4.78 is 5.52. The van der Waals surface area contributed by atoms with E-state index in [1.54, 1.807) is 6.21 Å². The number of benzene rings is 1. The van der Waals surface area contributed by atoms with E-state index in [-0.39, 0.29) is 11.2 Å². The molecule has 0 aromatic heterocycles. The lowest BCUT2D eigenvalue weighted by molar-refractivity contribution is 0.0657. The van der Waals surface area contributed by atoms with Crippen LogP contribution in [0.3, 0.4) is 0 Å². The zero-order valence-electron chi connectivity index (χ0n) is 10.0. The second kappa shape index (κ2) is 6.98. The van der Waals surface area contributed by atoms with Crippen LogP contribution in [0.1, 0.15) is 25.0 Å². The molecule has 0 saturated heterocycles. The lowest BCUT2D eigenvalue weighted by Gasteiger charge is -2.07. The van der Waals surface area contributed by atoms with Gasteiger partial charge >= 0.3 is 0 Å². The Morgan fingerprint density at radius 2 is 2.35 bits per heavy atom. The van der Waals surface area contributed by atoms with Gasteiger partial charge in [0.05, 0.1) is 18.9 Å². The first-order valence-corrected chi connectivity index (χ1v) is 5.78. The van der Waals surface area contributed by atoms with Gasteiger partial charge in [0, 0.05) is 0 Å². The molecule has 0 bridgehead atoms. The van der Waals surface area contributed by atoms with Gasteiger partial charge in [-0.3, -0.25) is 5.43 Å². The molecule has 0 radical (unpaired) electrons. The Morgan fingerprint density at radius 3 is 3.00 bits per heavy atom. The Labute approximate surface area is 107 Å². The number of hydrogen-bond acceptors (Lipinski definition) is 3. The normalized spacial score (nSPS) is 11.0. The number of nitrogens with two attached hydrogens (primary N) is 1. The van der Waals surface area contributed by atoms with E-state index in [4.69, 9.17) is 10.5 Å². The van der Waals surface area contributed by atoms with Gasteiger partial charge in [-0.15, -0.1) is 0 Å². The molecule has 0 saturated carbocycles. The van der Waals surface area contributed by atoms with Crippen molar-refractivity contribution in [2.75, 3.05) is 0 Å². The molecule has 17 heavy (non-hydrogen) atoms. The SMILES string of the molecule is CC(C)OCc1cccc(C=NNC(N)=S)c1. The fraction of sp³-hybridized carbons (Fsp3) is 0.333. The molecule has 3 N–H and O–H groups in total. The molecule has 1 aromatic carbocycles. The van der Waals surface area contributed by atoms with Crippen LogP contribution in [0.2, 0.25) is 0 Å². The van der Waals surface area contributed by atoms with Crippen LogP contribution in [0.15, 0.2) is 29.4 Å². The van der Waals surface area contributed by atoms with Gasteiger partial charge in [0.25, 0.3) is 0 Å². The third kappa shape index (κ3) is 5.99. The lowest BCUT2D eigenvalue weighted by Crippen LogP contribution is -2.23. The maximum absolute atomic E-state index is 5.52. The van der Waals surface area contributed by atoms with Crippen LogP contribution in [-0.2, 0) is 11.3 Å². The maximum atomic E-state index is 5.52. The van der Waals surface area contributed by atoms with Gasteiger partial charge in [-0.05, 0) is 43.3 Å². The molecular formula is C12H17N3OS. The zero-order chi connectivity index (χ0) is 12.7. The molecule has 0 aliphatic carbocycles. The summed E-state index contributed by atoms with van der Waals surface area (Å²) in [5, 5.41) is 4.05. The molecule has 0 amide bonds. The summed E-state index contributed by atoms with van der Waals surface area (Å²) >= 11 is 4.64. The average molecular weight is 251 g/mol. The van der Waals surface area contributed by atoms with Gasteiger partial charge in [0.1, 0.15) is 0 Å². The fourth-order valence-corrected chi connectivity index (χ4v) is 1.25. The van der Waals surface area contributed by atoms with Gasteiger partial charge < -0.3 is 10.5 Å². The second-order valence-electron chi connectivity index (χ2n) is 3.84. The minimum Gasteiger partial charge on any atom is -0.375 e. The first-order valence-electron chi connectivity index (χ1n) is 5.37. The van der Waals surface area contributed by atoms with Gasteiger partial charge in [0.15, 0.2) is 5.11 Å². The molecule has 0 aliphatic heterocycles. The van der Waals surface area contributed by atoms with Crippen molar-refractivity contribution in [3.63, 3.8) is 0 Å². The number of nitrogens with zero attached hydrogens (tertiary/aromatic N) is 1. The first-order chi connectivity index (χ1) is 8.08. The van der Waals surface area contributed by atoms with Gasteiger partial charge in [-0.2, -0.15) is 5.10 Å². The highest BCUT2D eigenvalue weighted by atomic mass is 32.1. The summed E-state index contributed by atoms with van der Waals surface area (Å²) in [6.07, 6.45) is 1.89. The highest BCUT2D eigenvalue weighted by Crippen LogP contribution is 2.06. The summed E-state index contributed by atoms with van der Waals surface area (Å²) in [6.45, 7) is 4.62. The fourth-order valence-electron chi connectivity index (χ4n) is 1.20. The highest BCUT2D eigenvalue weighted by Gasteiger charge is 1.97. The number of rotatable bonds is 5. The Morgan fingerprint density at radius 1 is 1.59 bits per heavy atom. The van der Waals surface area contributed by atoms with E-state index in [2.05, 4.69) is 22.7 Å². The van der Waals surface area contributed by atoms with Crippen molar-refractivity contribution in [2.24, 2.45) is 10.8 Å². The Kier molecular flexibility index (Phi) is 5.59. The summed E-state index contributed by atoms with van der Waals surface area (Å²) in [4.78, 5) is 0. The predicted molar refractivity (Wildman–Crippen MR) is 73.9 cm³/mol. The van der Waals surface area contributed by atoms with Crippen LogP contribution >= 0.6 is 12.2 Å². The maximum Gasteiger partial charge on any atom is 0.184 e. The smallest absolute Gasteiger partial charge is 0.184 e. The van der Waals surface area contributed by atoms with Crippen molar-refractivity contribution in [3.05, 3.63) is 35.4 Å². The van der Waals surface area contributed by atoms with E-state index in [1.807, 2.05) is 38.1 Å². The topological polar surface area (TPSA) is 59.6 Å². The van der Waals surface area contributed by atoms with Crippen LogP contribution in [-0.4, -0.2) is 17.4 Å².